The van der Waals surface area contributed by atoms with Gasteiger partial charge < -0.3 is 29.6 Å². The van der Waals surface area contributed by atoms with Crippen LogP contribution in [0.4, 0.5) is 11.5 Å². The fourth-order valence-electron chi connectivity index (χ4n) is 2.40. The maximum atomic E-state index is 11.6. The van der Waals surface area contributed by atoms with Crippen molar-refractivity contribution in [2.75, 3.05) is 44.1 Å². The van der Waals surface area contributed by atoms with E-state index in [0.717, 1.165) is 5.56 Å². The van der Waals surface area contributed by atoms with E-state index >= 15 is 0 Å². The lowest BCUT2D eigenvalue weighted by atomic mass is 10.2. The van der Waals surface area contributed by atoms with Crippen LogP contribution in [0.15, 0.2) is 6.07 Å². The van der Waals surface area contributed by atoms with E-state index in [0.29, 0.717) is 37.2 Å². The van der Waals surface area contributed by atoms with Gasteiger partial charge in [0.25, 0.3) is 0 Å². The summed E-state index contributed by atoms with van der Waals surface area (Å²) < 4.78 is 21.6. The second-order valence-electron chi connectivity index (χ2n) is 6.23. The van der Waals surface area contributed by atoms with Crippen molar-refractivity contribution >= 4 is 17.5 Å². The van der Waals surface area contributed by atoms with Crippen molar-refractivity contribution in [2.24, 2.45) is 0 Å². The second-order valence-corrected chi connectivity index (χ2v) is 6.23. The smallest absolute Gasteiger partial charge is 0.325 e. The zero-order valence-electron chi connectivity index (χ0n) is 15.5. The van der Waals surface area contributed by atoms with E-state index in [1.54, 1.807) is 14.0 Å². The number of ether oxygens (including phenoxy) is 4. The summed E-state index contributed by atoms with van der Waals surface area (Å²) in [5.41, 5.74) is 1.55. The average molecular weight is 353 g/mol. The van der Waals surface area contributed by atoms with Crippen molar-refractivity contribution in [3.8, 4) is 5.88 Å². The Morgan fingerprint density at radius 1 is 1.40 bits per heavy atom. The molecular weight excluding hydrogens is 326 g/mol. The SMILES string of the molecule is CCOC(=O)CNc1cc(C)c(OC)nc1NC1COC(C)(C)OC1. The Kier molecular flexibility index (Phi) is 6.44. The van der Waals surface area contributed by atoms with Crippen LogP contribution in [0.2, 0.25) is 0 Å². The third-order valence-corrected chi connectivity index (χ3v) is 3.69. The first-order chi connectivity index (χ1) is 11.8. The highest BCUT2D eigenvalue weighted by atomic mass is 16.7. The fraction of sp³-hybridized carbons (Fsp3) is 0.647. The number of anilines is 2. The van der Waals surface area contributed by atoms with Crippen molar-refractivity contribution in [3.05, 3.63) is 11.6 Å². The van der Waals surface area contributed by atoms with Crippen LogP contribution in [0.25, 0.3) is 0 Å². The molecular formula is C17H27N3O5. The molecule has 1 aliphatic heterocycles. The highest BCUT2D eigenvalue weighted by Crippen LogP contribution is 2.28. The van der Waals surface area contributed by atoms with Crippen LogP contribution in [0.5, 0.6) is 5.88 Å². The van der Waals surface area contributed by atoms with E-state index in [9.17, 15) is 4.79 Å². The Hall–Kier alpha value is -2.06. The third kappa shape index (κ3) is 5.47. The zero-order chi connectivity index (χ0) is 18.4. The van der Waals surface area contributed by atoms with Crippen LogP contribution in [-0.4, -0.2) is 56.3 Å². The molecule has 0 spiro atoms. The molecule has 0 aliphatic carbocycles. The maximum absolute atomic E-state index is 11.6. The van der Waals surface area contributed by atoms with E-state index in [4.69, 9.17) is 18.9 Å². The molecule has 0 radical (unpaired) electrons. The van der Waals surface area contributed by atoms with Crippen LogP contribution in [0.3, 0.4) is 0 Å². The van der Waals surface area contributed by atoms with Gasteiger partial charge in [-0.15, -0.1) is 0 Å². The number of carbonyl (C=O) groups is 1. The van der Waals surface area contributed by atoms with Crippen molar-refractivity contribution in [3.63, 3.8) is 0 Å². The zero-order valence-corrected chi connectivity index (χ0v) is 15.5. The molecule has 8 heteroatoms. The second kappa shape index (κ2) is 8.35. The maximum Gasteiger partial charge on any atom is 0.325 e. The summed E-state index contributed by atoms with van der Waals surface area (Å²) in [7, 11) is 1.57. The van der Waals surface area contributed by atoms with E-state index < -0.39 is 5.79 Å². The van der Waals surface area contributed by atoms with E-state index in [2.05, 4.69) is 15.6 Å². The Bertz CT molecular complexity index is 596. The molecule has 8 nitrogen and oxygen atoms in total. The topological polar surface area (TPSA) is 90.9 Å². The van der Waals surface area contributed by atoms with Crippen LogP contribution < -0.4 is 15.4 Å². The summed E-state index contributed by atoms with van der Waals surface area (Å²) in [5.74, 6) is 0.181. The Morgan fingerprint density at radius 2 is 2.08 bits per heavy atom. The Morgan fingerprint density at radius 3 is 2.68 bits per heavy atom. The number of methoxy groups -OCH3 is 1. The number of nitrogens with one attached hydrogen (secondary N) is 2. The van der Waals surface area contributed by atoms with Crippen LogP contribution in [-0.2, 0) is 19.0 Å². The predicted molar refractivity (Wildman–Crippen MR) is 94.0 cm³/mol. The van der Waals surface area contributed by atoms with Crippen molar-refractivity contribution in [2.45, 2.75) is 39.5 Å². The summed E-state index contributed by atoms with van der Waals surface area (Å²) in [6, 6.07) is 1.82. The number of hydrogen-bond donors (Lipinski definition) is 2. The summed E-state index contributed by atoms with van der Waals surface area (Å²) >= 11 is 0. The number of nitrogens with zero attached hydrogens (tertiary/aromatic N) is 1. The summed E-state index contributed by atoms with van der Waals surface area (Å²) in [4.78, 5) is 16.1. The Labute approximate surface area is 148 Å². The molecule has 1 aromatic heterocycles. The standard InChI is InChI=1S/C17H27N3O5/c1-6-23-14(21)8-18-13-7-11(2)16(22-5)20-15(13)19-12-9-24-17(3,4)25-10-12/h7,12,18H,6,8-10H2,1-5H3,(H,19,20). The molecule has 2 rings (SSSR count). The van der Waals surface area contributed by atoms with Crippen molar-refractivity contribution < 1.29 is 23.7 Å². The molecule has 2 N–H and O–H groups in total. The molecule has 1 aliphatic rings. The lowest BCUT2D eigenvalue weighted by Gasteiger charge is -2.35. The number of pyridine rings is 1. The first-order valence-corrected chi connectivity index (χ1v) is 8.34. The van der Waals surface area contributed by atoms with Gasteiger partial charge in [-0.25, -0.2) is 0 Å². The molecule has 25 heavy (non-hydrogen) atoms. The normalized spacial score (nSPS) is 17.0. The van der Waals surface area contributed by atoms with Crippen LogP contribution >= 0.6 is 0 Å². The number of rotatable bonds is 7. The molecule has 0 unspecified atom stereocenters. The number of esters is 1. The van der Waals surface area contributed by atoms with E-state index in [-0.39, 0.29) is 18.6 Å². The predicted octanol–water partition coefficient (Wildman–Crippen LogP) is 1.94. The third-order valence-electron chi connectivity index (χ3n) is 3.69. The van der Waals surface area contributed by atoms with Gasteiger partial charge in [0.2, 0.25) is 5.88 Å². The van der Waals surface area contributed by atoms with E-state index in [1.807, 2.05) is 26.8 Å². The highest BCUT2D eigenvalue weighted by molar-refractivity contribution is 5.77. The van der Waals surface area contributed by atoms with Gasteiger partial charge in [-0.1, -0.05) is 0 Å². The molecule has 1 fully saturated rings. The van der Waals surface area contributed by atoms with Gasteiger partial charge in [0, 0.05) is 5.56 Å². The first-order valence-electron chi connectivity index (χ1n) is 8.34. The largest absolute Gasteiger partial charge is 0.481 e. The van der Waals surface area contributed by atoms with E-state index in [1.165, 1.54) is 0 Å². The molecule has 0 atom stereocenters. The summed E-state index contributed by atoms with van der Waals surface area (Å²) in [5, 5.41) is 6.35. The average Bonchev–Trinajstić information content (AvgIpc) is 2.56. The van der Waals surface area contributed by atoms with Crippen LogP contribution in [0, 0.1) is 6.92 Å². The number of aryl methyl sites for hydroxylation is 1. The van der Waals surface area contributed by atoms with Gasteiger partial charge in [0.1, 0.15) is 6.54 Å². The minimum absolute atomic E-state index is 0.0562. The molecule has 2 heterocycles. The van der Waals surface area contributed by atoms with Gasteiger partial charge in [-0.2, -0.15) is 4.98 Å². The number of hydrogen-bond acceptors (Lipinski definition) is 8. The van der Waals surface area contributed by atoms with Gasteiger partial charge in [-0.3, -0.25) is 4.79 Å². The molecule has 0 amide bonds. The Balaban J connectivity index is 2.12. The monoisotopic (exact) mass is 353 g/mol. The molecule has 1 aromatic rings. The highest BCUT2D eigenvalue weighted by Gasteiger charge is 2.29. The minimum atomic E-state index is -0.582. The lowest BCUT2D eigenvalue weighted by Crippen LogP contribution is -2.45. The van der Waals surface area contributed by atoms with Crippen molar-refractivity contribution in [1.82, 2.24) is 4.98 Å². The lowest BCUT2D eigenvalue weighted by molar-refractivity contribution is -0.247. The van der Waals surface area contributed by atoms with Gasteiger partial charge >= 0.3 is 5.97 Å². The van der Waals surface area contributed by atoms with Crippen LogP contribution in [0.1, 0.15) is 26.3 Å². The molecule has 140 valence electrons. The van der Waals surface area contributed by atoms with Gasteiger partial charge in [0.05, 0.1) is 38.7 Å². The van der Waals surface area contributed by atoms with Crippen molar-refractivity contribution in [1.29, 1.82) is 0 Å². The summed E-state index contributed by atoms with van der Waals surface area (Å²) in [6.45, 7) is 8.80. The molecule has 0 bridgehead atoms. The summed E-state index contributed by atoms with van der Waals surface area (Å²) in [6.07, 6.45) is 0. The fourth-order valence-corrected chi connectivity index (χ4v) is 2.40. The molecule has 0 saturated carbocycles. The number of aromatic nitrogens is 1. The van der Waals surface area contributed by atoms with Gasteiger partial charge in [0.15, 0.2) is 11.6 Å². The minimum Gasteiger partial charge on any atom is -0.481 e. The quantitative estimate of drug-likeness (QED) is 0.719. The molecule has 0 aromatic carbocycles. The van der Waals surface area contributed by atoms with Gasteiger partial charge in [-0.05, 0) is 33.8 Å². The number of carbonyl (C=O) groups excluding carboxylic acids is 1. The first kappa shape index (κ1) is 19.3. The molecule has 1 saturated heterocycles.